The normalized spacial score (nSPS) is 18.1. The molecule has 0 aromatic heterocycles. The first-order chi connectivity index (χ1) is 19.5. The molecule has 2 aromatic carbocycles. The quantitative estimate of drug-likeness (QED) is 0.264. The van der Waals surface area contributed by atoms with Crippen molar-refractivity contribution >= 4 is 17.8 Å². The van der Waals surface area contributed by atoms with E-state index in [1.54, 1.807) is 11.0 Å². The van der Waals surface area contributed by atoms with Crippen LogP contribution in [0.25, 0.3) is 6.08 Å². The molecule has 1 atom stereocenters. The lowest BCUT2D eigenvalue weighted by Crippen LogP contribution is -2.39. The van der Waals surface area contributed by atoms with E-state index >= 15 is 0 Å². The van der Waals surface area contributed by atoms with Crippen molar-refractivity contribution in [3.05, 3.63) is 77.1 Å². The van der Waals surface area contributed by atoms with Gasteiger partial charge < -0.3 is 24.2 Å². The molecule has 0 saturated carbocycles. The van der Waals surface area contributed by atoms with Crippen molar-refractivity contribution in [1.82, 2.24) is 9.80 Å². The van der Waals surface area contributed by atoms with Crippen molar-refractivity contribution in [2.75, 3.05) is 52.6 Å². The Morgan fingerprint density at radius 2 is 1.80 bits per heavy atom. The molecule has 1 N–H and O–H groups in total. The van der Waals surface area contributed by atoms with E-state index in [-0.39, 0.29) is 5.57 Å². The van der Waals surface area contributed by atoms with Crippen molar-refractivity contribution in [3.63, 3.8) is 0 Å². The van der Waals surface area contributed by atoms with Crippen molar-refractivity contribution in [2.24, 2.45) is 0 Å². The molecule has 4 rings (SSSR count). The lowest BCUT2D eigenvalue weighted by molar-refractivity contribution is -0.129. The lowest BCUT2D eigenvalue weighted by Gasteiger charge is -2.30. The molecule has 0 bridgehead atoms. The van der Waals surface area contributed by atoms with E-state index in [9.17, 15) is 14.7 Å². The molecule has 40 heavy (non-hydrogen) atoms. The van der Waals surface area contributed by atoms with Crippen LogP contribution in [0, 0.1) is 0 Å². The van der Waals surface area contributed by atoms with Gasteiger partial charge >= 0.3 is 0 Å². The summed E-state index contributed by atoms with van der Waals surface area (Å²) in [4.78, 5) is 30.8. The summed E-state index contributed by atoms with van der Waals surface area (Å²) in [5.41, 5.74) is 1.61. The van der Waals surface area contributed by atoms with Crippen molar-refractivity contribution < 1.29 is 28.9 Å². The number of carbonyl (C=O) groups is 2. The molecule has 2 aliphatic heterocycles. The average Bonchev–Trinajstić information content (AvgIpc) is 3.23. The molecule has 8 heteroatoms. The first-order valence-electron chi connectivity index (χ1n) is 14.2. The maximum Gasteiger partial charge on any atom is 0.290 e. The number of amides is 1. The molecule has 1 fully saturated rings. The molecule has 0 aliphatic carbocycles. The van der Waals surface area contributed by atoms with Gasteiger partial charge in [-0.2, -0.15) is 0 Å². The predicted molar refractivity (Wildman–Crippen MR) is 154 cm³/mol. The third-order valence-corrected chi connectivity index (χ3v) is 7.11. The monoisotopic (exact) mass is 548 g/mol. The Hall–Kier alpha value is -3.62. The van der Waals surface area contributed by atoms with Crippen LogP contribution in [0.2, 0.25) is 0 Å². The Morgan fingerprint density at radius 1 is 1.02 bits per heavy atom. The van der Waals surface area contributed by atoms with Crippen LogP contribution in [0.5, 0.6) is 11.5 Å². The molecule has 214 valence electrons. The van der Waals surface area contributed by atoms with E-state index < -0.39 is 23.5 Å². The average molecular weight is 549 g/mol. The van der Waals surface area contributed by atoms with Crippen LogP contribution >= 0.6 is 0 Å². The highest BCUT2D eigenvalue weighted by Gasteiger charge is 2.43. The van der Waals surface area contributed by atoms with E-state index in [1.165, 1.54) is 6.08 Å². The standard InChI is InChI=1S/C32H40N2O6/c1-3-5-20-40-27-15-13-25(23-28(27)39-4-2)30-29(26(35)14-12-24-10-7-6-8-11-24)31(36)32(37)34(30)17-9-16-33-18-21-38-22-19-33/h6-8,10-15,23,30,36H,3-5,9,16-22H2,1-2H3. The lowest BCUT2D eigenvalue weighted by atomic mass is 9.95. The van der Waals surface area contributed by atoms with Crippen LogP contribution in [0.4, 0.5) is 0 Å². The summed E-state index contributed by atoms with van der Waals surface area (Å²) < 4.78 is 17.3. The number of unbranched alkanes of at least 4 members (excludes halogenated alkanes) is 1. The SMILES string of the molecule is CCCCOc1ccc(C2C(C(=O)C=Cc3ccccc3)=C(O)C(=O)N2CCCN2CCOCC2)cc1OCC. The van der Waals surface area contributed by atoms with Crippen LogP contribution in [0.1, 0.15) is 50.3 Å². The number of aliphatic hydroxyl groups excluding tert-OH is 1. The minimum absolute atomic E-state index is 0.0747. The number of benzene rings is 2. The third kappa shape index (κ3) is 7.31. The van der Waals surface area contributed by atoms with E-state index in [1.807, 2.05) is 55.5 Å². The molecule has 1 unspecified atom stereocenters. The Balaban J connectivity index is 1.63. The Bertz CT molecular complexity index is 1200. The first kappa shape index (κ1) is 29.4. The summed E-state index contributed by atoms with van der Waals surface area (Å²) in [6.07, 6.45) is 5.75. The topological polar surface area (TPSA) is 88.5 Å². The Kier molecular flexibility index (Phi) is 10.8. The van der Waals surface area contributed by atoms with Gasteiger partial charge in [0, 0.05) is 26.2 Å². The fourth-order valence-electron chi connectivity index (χ4n) is 5.01. The minimum Gasteiger partial charge on any atom is -0.503 e. The molecule has 2 aliphatic rings. The summed E-state index contributed by atoms with van der Waals surface area (Å²) in [6.45, 7) is 9.30. The van der Waals surface area contributed by atoms with Gasteiger partial charge in [0.2, 0.25) is 0 Å². The fraction of sp³-hybridized carbons (Fsp3) is 0.438. The molecule has 2 heterocycles. The van der Waals surface area contributed by atoms with Gasteiger partial charge in [0.1, 0.15) is 0 Å². The van der Waals surface area contributed by atoms with E-state index in [2.05, 4.69) is 11.8 Å². The van der Waals surface area contributed by atoms with Gasteiger partial charge in [0.15, 0.2) is 23.0 Å². The minimum atomic E-state index is -0.742. The number of hydrogen-bond acceptors (Lipinski definition) is 7. The highest BCUT2D eigenvalue weighted by atomic mass is 16.5. The first-order valence-corrected chi connectivity index (χ1v) is 14.2. The van der Waals surface area contributed by atoms with Crippen molar-refractivity contribution in [2.45, 2.75) is 39.2 Å². The van der Waals surface area contributed by atoms with Gasteiger partial charge in [-0.3, -0.25) is 14.5 Å². The van der Waals surface area contributed by atoms with Crippen LogP contribution in [-0.4, -0.2) is 79.2 Å². The number of carbonyl (C=O) groups excluding carboxylic acids is 2. The fourth-order valence-corrected chi connectivity index (χ4v) is 5.01. The van der Waals surface area contributed by atoms with Crippen LogP contribution < -0.4 is 9.47 Å². The zero-order valence-corrected chi connectivity index (χ0v) is 23.5. The Labute approximate surface area is 236 Å². The smallest absolute Gasteiger partial charge is 0.290 e. The maximum absolute atomic E-state index is 13.5. The van der Waals surface area contributed by atoms with Gasteiger partial charge in [-0.25, -0.2) is 0 Å². The zero-order chi connectivity index (χ0) is 28.3. The Morgan fingerprint density at radius 3 is 2.52 bits per heavy atom. The maximum atomic E-state index is 13.5. The molecular formula is C32H40N2O6. The van der Waals surface area contributed by atoms with E-state index in [0.29, 0.717) is 56.5 Å². The van der Waals surface area contributed by atoms with Gasteiger partial charge in [0.05, 0.1) is 38.0 Å². The van der Waals surface area contributed by atoms with Crippen molar-refractivity contribution in [1.29, 1.82) is 0 Å². The summed E-state index contributed by atoms with van der Waals surface area (Å²) in [7, 11) is 0. The number of rotatable bonds is 14. The third-order valence-electron chi connectivity index (χ3n) is 7.11. The molecule has 8 nitrogen and oxygen atoms in total. The molecule has 2 aromatic rings. The van der Waals surface area contributed by atoms with Crippen molar-refractivity contribution in [3.8, 4) is 11.5 Å². The van der Waals surface area contributed by atoms with Crippen LogP contribution in [0.3, 0.4) is 0 Å². The highest BCUT2D eigenvalue weighted by Crippen LogP contribution is 2.41. The second kappa shape index (κ2) is 14.7. The predicted octanol–water partition coefficient (Wildman–Crippen LogP) is 4.96. The highest BCUT2D eigenvalue weighted by molar-refractivity contribution is 6.14. The van der Waals surface area contributed by atoms with Crippen LogP contribution in [-0.2, 0) is 14.3 Å². The zero-order valence-electron chi connectivity index (χ0n) is 23.5. The van der Waals surface area contributed by atoms with E-state index in [4.69, 9.17) is 14.2 Å². The summed E-state index contributed by atoms with van der Waals surface area (Å²) in [6, 6.07) is 14.2. The van der Waals surface area contributed by atoms with Gasteiger partial charge in [-0.1, -0.05) is 55.8 Å². The second-order valence-corrected chi connectivity index (χ2v) is 9.92. The van der Waals surface area contributed by atoms with Gasteiger partial charge in [-0.05, 0) is 49.1 Å². The number of nitrogens with zero attached hydrogens (tertiary/aromatic N) is 2. The number of hydrogen-bond donors (Lipinski definition) is 1. The molecular weight excluding hydrogens is 508 g/mol. The van der Waals surface area contributed by atoms with Gasteiger partial charge in [-0.15, -0.1) is 0 Å². The number of morpholine rings is 1. The molecule has 0 spiro atoms. The number of ketones is 1. The number of ether oxygens (including phenoxy) is 3. The van der Waals surface area contributed by atoms with E-state index in [0.717, 1.165) is 38.0 Å². The summed E-state index contributed by atoms with van der Waals surface area (Å²) >= 11 is 0. The number of allylic oxidation sites excluding steroid dienone is 1. The summed E-state index contributed by atoms with van der Waals surface area (Å²) in [5, 5.41) is 11.0. The van der Waals surface area contributed by atoms with Gasteiger partial charge in [0.25, 0.3) is 5.91 Å². The molecule has 0 radical (unpaired) electrons. The molecule has 1 amide bonds. The van der Waals surface area contributed by atoms with Crippen LogP contribution in [0.15, 0.2) is 65.9 Å². The summed E-state index contributed by atoms with van der Waals surface area (Å²) in [5.74, 6) is -0.274. The second-order valence-electron chi connectivity index (χ2n) is 9.92. The largest absolute Gasteiger partial charge is 0.503 e. The number of aliphatic hydroxyl groups is 1. The molecule has 1 saturated heterocycles.